The Labute approximate surface area is 245 Å². The summed E-state index contributed by atoms with van der Waals surface area (Å²) in [5.74, 6) is 1.26. The topological polar surface area (TPSA) is 95.3 Å². The van der Waals surface area contributed by atoms with Crippen molar-refractivity contribution in [1.29, 1.82) is 5.26 Å². The lowest BCUT2D eigenvalue weighted by atomic mass is 10.1. The van der Waals surface area contributed by atoms with E-state index in [0.29, 0.717) is 59.1 Å². The molecular weight excluding hydrogens is 536 g/mol. The van der Waals surface area contributed by atoms with Crippen LogP contribution in [0.2, 0.25) is 5.02 Å². The maximum absolute atomic E-state index is 9.90. The minimum absolute atomic E-state index is 0.311. The fourth-order valence-corrected chi connectivity index (χ4v) is 5.14. The van der Waals surface area contributed by atoms with Crippen LogP contribution < -0.4 is 20.1 Å². The first-order chi connectivity index (χ1) is 20.1. The zero-order valence-corrected chi connectivity index (χ0v) is 24.0. The molecule has 3 heterocycles. The fraction of sp³-hybridized carbons (Fsp3) is 0.281. The highest BCUT2D eigenvalue weighted by Crippen LogP contribution is 2.37. The van der Waals surface area contributed by atoms with Gasteiger partial charge in [-0.1, -0.05) is 29.8 Å². The predicted octanol–water partition coefficient (Wildman–Crippen LogP) is 6.94. The van der Waals surface area contributed by atoms with Gasteiger partial charge in [0, 0.05) is 42.1 Å². The molecule has 41 heavy (non-hydrogen) atoms. The van der Waals surface area contributed by atoms with Crippen LogP contribution in [0.15, 0.2) is 73.1 Å². The van der Waals surface area contributed by atoms with Crippen LogP contribution in [0.3, 0.4) is 0 Å². The van der Waals surface area contributed by atoms with E-state index in [4.69, 9.17) is 21.1 Å². The molecule has 0 saturated carbocycles. The van der Waals surface area contributed by atoms with Crippen molar-refractivity contribution in [3.8, 4) is 17.6 Å². The molecule has 8 nitrogen and oxygen atoms in total. The highest BCUT2D eigenvalue weighted by Gasteiger charge is 2.18. The summed E-state index contributed by atoms with van der Waals surface area (Å²) in [6.45, 7) is 4.58. The first-order valence-electron chi connectivity index (χ1n) is 13.8. The number of halogens is 1. The molecule has 0 spiro atoms. The number of aromatic nitrogens is 2. The minimum atomic E-state index is 0.311. The molecule has 2 aromatic carbocycles. The van der Waals surface area contributed by atoms with Gasteiger partial charge in [0.1, 0.15) is 24.2 Å². The Hall–Kier alpha value is -4.32. The van der Waals surface area contributed by atoms with E-state index in [0.717, 1.165) is 29.0 Å². The lowest BCUT2D eigenvalue weighted by Crippen LogP contribution is -2.22. The quantitative estimate of drug-likeness (QED) is 0.188. The van der Waals surface area contributed by atoms with Gasteiger partial charge in [0.05, 0.1) is 39.8 Å². The molecule has 0 bridgehead atoms. The van der Waals surface area contributed by atoms with Gasteiger partial charge in [0.15, 0.2) is 0 Å². The second-order valence-corrected chi connectivity index (χ2v) is 10.2. The Morgan fingerprint density at radius 1 is 1.15 bits per heavy atom. The Kier molecular flexibility index (Phi) is 9.19. The third-order valence-corrected chi connectivity index (χ3v) is 7.33. The van der Waals surface area contributed by atoms with Gasteiger partial charge >= 0.3 is 0 Å². The molecule has 0 radical (unpaired) electrons. The molecule has 210 valence electrons. The number of nitrogens with one attached hydrogen (secondary N) is 2. The summed E-state index contributed by atoms with van der Waals surface area (Å²) in [4.78, 5) is 11.2. The van der Waals surface area contributed by atoms with Crippen molar-refractivity contribution < 1.29 is 9.47 Å². The van der Waals surface area contributed by atoms with Gasteiger partial charge in [-0.3, -0.25) is 14.9 Å². The molecule has 1 aliphatic rings. The molecule has 9 heteroatoms. The molecule has 0 unspecified atom stereocenters. The van der Waals surface area contributed by atoms with E-state index in [2.05, 4.69) is 50.8 Å². The van der Waals surface area contributed by atoms with Crippen molar-refractivity contribution in [1.82, 2.24) is 14.9 Å². The number of nitriles is 1. The average Bonchev–Trinajstić information content (AvgIpc) is 3.40. The van der Waals surface area contributed by atoms with Crippen molar-refractivity contribution >= 4 is 39.6 Å². The van der Waals surface area contributed by atoms with Crippen molar-refractivity contribution in [2.75, 3.05) is 37.4 Å². The first-order valence-corrected chi connectivity index (χ1v) is 14.1. The molecule has 4 aromatic rings. The van der Waals surface area contributed by atoms with Crippen LogP contribution in [0.4, 0.5) is 17.1 Å². The zero-order chi connectivity index (χ0) is 28.6. The molecule has 5 rings (SSSR count). The van der Waals surface area contributed by atoms with Crippen LogP contribution in [0, 0.1) is 11.3 Å². The van der Waals surface area contributed by atoms with Crippen LogP contribution in [0.5, 0.6) is 11.5 Å². The lowest BCUT2D eigenvalue weighted by molar-refractivity contribution is 0.301. The molecule has 0 amide bonds. The maximum Gasteiger partial charge on any atom is 0.144 e. The summed E-state index contributed by atoms with van der Waals surface area (Å²) >= 11 is 6.56. The smallest absolute Gasteiger partial charge is 0.144 e. The summed E-state index contributed by atoms with van der Waals surface area (Å²) < 4.78 is 11.8. The van der Waals surface area contributed by atoms with E-state index in [9.17, 15) is 5.26 Å². The number of ether oxygens (including phenoxy) is 2. The largest absolute Gasteiger partial charge is 0.492 e. The van der Waals surface area contributed by atoms with Gasteiger partial charge in [0.2, 0.25) is 0 Å². The number of anilines is 3. The molecule has 0 aliphatic carbocycles. The number of fused-ring (bicyclic) bond motifs is 1. The lowest BCUT2D eigenvalue weighted by Gasteiger charge is -2.17. The Morgan fingerprint density at radius 3 is 2.78 bits per heavy atom. The minimum Gasteiger partial charge on any atom is -0.492 e. The number of benzene rings is 2. The predicted molar refractivity (Wildman–Crippen MR) is 164 cm³/mol. The van der Waals surface area contributed by atoms with Gasteiger partial charge in [0.25, 0.3) is 0 Å². The van der Waals surface area contributed by atoms with Crippen molar-refractivity contribution in [2.24, 2.45) is 0 Å². The van der Waals surface area contributed by atoms with Crippen molar-refractivity contribution in [3.63, 3.8) is 0 Å². The van der Waals surface area contributed by atoms with E-state index < -0.39 is 0 Å². The summed E-state index contributed by atoms with van der Waals surface area (Å²) in [6.07, 6.45) is 10.1. The van der Waals surface area contributed by atoms with Crippen LogP contribution in [0.1, 0.15) is 31.0 Å². The van der Waals surface area contributed by atoms with Gasteiger partial charge in [-0.05, 0) is 69.8 Å². The molecule has 1 aliphatic heterocycles. The zero-order valence-electron chi connectivity index (χ0n) is 23.2. The summed E-state index contributed by atoms with van der Waals surface area (Å²) in [7, 11) is 2.16. The number of pyridine rings is 2. The molecule has 2 N–H and O–H groups in total. The Balaban J connectivity index is 1.39. The van der Waals surface area contributed by atoms with E-state index in [1.807, 2.05) is 43.3 Å². The fourth-order valence-electron chi connectivity index (χ4n) is 4.90. The number of hydrogen-bond acceptors (Lipinski definition) is 8. The average molecular weight is 569 g/mol. The van der Waals surface area contributed by atoms with E-state index in [1.165, 1.54) is 12.8 Å². The summed E-state index contributed by atoms with van der Waals surface area (Å²) in [5, 5.41) is 18.0. The second kappa shape index (κ2) is 13.4. The van der Waals surface area contributed by atoms with Crippen LogP contribution in [-0.2, 0) is 6.61 Å². The first kappa shape index (κ1) is 28.2. The number of hydrogen-bond donors (Lipinski definition) is 2. The summed E-state index contributed by atoms with van der Waals surface area (Å²) in [5.41, 5.74) is 4.14. The standard InChI is InChI=1S/C32H33ClN6O2/c1-3-40-31-18-28-26(17-29(31)36-14-6-9-25-10-7-15-39(25)2)32(22(19-34)20-37-28)38-23-11-12-30(27(33)16-23)41-21-24-8-4-5-13-35-24/h4-6,8-9,11-13,16-18,20,25,36H,3,7,10,14-15,21H2,1-2H3,(H,37,38)/b9-6+/t25-/m1/s1. The maximum atomic E-state index is 9.90. The van der Waals surface area contributed by atoms with E-state index >= 15 is 0 Å². The van der Waals surface area contributed by atoms with Crippen molar-refractivity contribution in [3.05, 3.63) is 89.4 Å². The van der Waals surface area contributed by atoms with E-state index in [-0.39, 0.29) is 0 Å². The summed E-state index contributed by atoms with van der Waals surface area (Å²) in [6, 6.07) is 17.8. The van der Waals surface area contributed by atoms with E-state index in [1.54, 1.807) is 24.5 Å². The molecule has 1 fully saturated rings. The number of nitrogens with zero attached hydrogens (tertiary/aromatic N) is 4. The normalized spacial score (nSPS) is 15.2. The Morgan fingerprint density at radius 2 is 2.05 bits per heavy atom. The number of likely N-dealkylation sites (N-methyl/N-ethyl adjacent to an activating group) is 1. The SMILES string of the molecule is CCOc1cc2ncc(C#N)c(Nc3ccc(OCc4ccccn4)c(Cl)c3)c2cc1NC/C=C/[C@@H]1CCCN1C. The Bertz CT molecular complexity index is 1570. The highest BCUT2D eigenvalue weighted by atomic mass is 35.5. The van der Waals surface area contributed by atoms with Gasteiger partial charge < -0.3 is 20.1 Å². The molecule has 1 atom stereocenters. The number of rotatable bonds is 11. The van der Waals surface area contributed by atoms with Crippen LogP contribution >= 0.6 is 11.6 Å². The highest BCUT2D eigenvalue weighted by molar-refractivity contribution is 6.32. The molecule has 2 aromatic heterocycles. The monoisotopic (exact) mass is 568 g/mol. The van der Waals surface area contributed by atoms with Crippen LogP contribution in [0.25, 0.3) is 10.9 Å². The van der Waals surface area contributed by atoms with Crippen molar-refractivity contribution in [2.45, 2.75) is 32.4 Å². The van der Waals surface area contributed by atoms with Gasteiger partial charge in [-0.2, -0.15) is 5.26 Å². The third-order valence-electron chi connectivity index (χ3n) is 7.04. The second-order valence-electron chi connectivity index (χ2n) is 9.84. The van der Waals surface area contributed by atoms with Gasteiger partial charge in [-0.25, -0.2) is 0 Å². The van der Waals surface area contributed by atoms with Crippen LogP contribution in [-0.4, -0.2) is 47.7 Å². The molecular formula is C32H33ClN6O2. The molecule has 1 saturated heterocycles. The number of likely N-dealkylation sites (tertiary alicyclic amines) is 1. The van der Waals surface area contributed by atoms with Gasteiger partial charge in [-0.15, -0.1) is 0 Å². The third kappa shape index (κ3) is 6.88.